The Morgan fingerprint density at radius 3 is 2.29 bits per heavy atom. The minimum absolute atomic E-state index is 0. The number of hydrogen-bond donors (Lipinski definition) is 1. The van der Waals surface area contributed by atoms with E-state index in [0.29, 0.717) is 35.7 Å². The van der Waals surface area contributed by atoms with Crippen LogP contribution in [0.4, 0.5) is 14.5 Å². The van der Waals surface area contributed by atoms with E-state index in [1.165, 1.54) is 31.0 Å². The van der Waals surface area contributed by atoms with Gasteiger partial charge in [-0.3, -0.25) is 4.79 Å². The maximum absolute atomic E-state index is 14.2. The van der Waals surface area contributed by atoms with Crippen LogP contribution >= 0.6 is 12.4 Å². The molecule has 0 spiro atoms. The fourth-order valence-corrected chi connectivity index (χ4v) is 4.44. The predicted molar refractivity (Wildman–Crippen MR) is 109 cm³/mol. The Hall–Kier alpha value is -1.98. The van der Waals surface area contributed by atoms with Crippen LogP contribution in [0.5, 0.6) is 0 Å². The molecule has 2 aliphatic rings. The standard InChI is InChI=1S/C22H24F2N2O.ClH/c23-17-5-9-20(10-6-17)26(14-16-3-1-2-4-21(16)24)22(27)13-15-11-18-7-8-19(12-15)25-18;/h1-6,9-10,15,18-19,25H,7-8,11-14H2;1H. The van der Waals surface area contributed by atoms with Gasteiger partial charge in [-0.05, 0) is 61.9 Å². The summed E-state index contributed by atoms with van der Waals surface area (Å²) in [5, 5.41) is 3.59. The molecule has 1 amide bonds. The van der Waals surface area contributed by atoms with Crippen LogP contribution in [0.2, 0.25) is 0 Å². The van der Waals surface area contributed by atoms with Crippen LogP contribution < -0.4 is 10.2 Å². The SMILES string of the molecule is Cl.O=C(CC1CC2CCC(C1)N2)N(Cc1ccccc1F)c1ccc(F)cc1. The zero-order chi connectivity index (χ0) is 18.8. The number of anilines is 1. The van der Waals surface area contributed by atoms with Gasteiger partial charge >= 0.3 is 0 Å². The monoisotopic (exact) mass is 406 g/mol. The number of nitrogens with zero attached hydrogens (tertiary/aromatic N) is 1. The van der Waals surface area contributed by atoms with Gasteiger partial charge in [0.1, 0.15) is 11.6 Å². The first-order chi connectivity index (χ1) is 13.1. The summed E-state index contributed by atoms with van der Waals surface area (Å²) in [4.78, 5) is 14.7. The number of carbonyl (C=O) groups excluding carboxylic acids is 1. The van der Waals surface area contributed by atoms with E-state index < -0.39 is 0 Å². The van der Waals surface area contributed by atoms with Gasteiger partial charge in [-0.15, -0.1) is 12.4 Å². The highest BCUT2D eigenvalue weighted by Crippen LogP contribution is 2.33. The van der Waals surface area contributed by atoms with Gasteiger partial charge in [0, 0.05) is 29.8 Å². The Morgan fingerprint density at radius 1 is 1.00 bits per heavy atom. The molecule has 4 rings (SSSR count). The molecule has 2 atom stereocenters. The van der Waals surface area contributed by atoms with E-state index in [-0.39, 0.29) is 36.5 Å². The average Bonchev–Trinajstić information content (AvgIpc) is 3.00. The van der Waals surface area contributed by atoms with Crippen LogP contribution in [0.1, 0.15) is 37.7 Å². The largest absolute Gasteiger partial charge is 0.311 e. The van der Waals surface area contributed by atoms with Crippen LogP contribution in [0.25, 0.3) is 0 Å². The summed E-state index contributed by atoms with van der Waals surface area (Å²) in [6.45, 7) is 0.148. The normalized spacial score (nSPS) is 23.1. The number of rotatable bonds is 5. The minimum Gasteiger partial charge on any atom is -0.311 e. The molecule has 0 radical (unpaired) electrons. The first-order valence-electron chi connectivity index (χ1n) is 9.64. The van der Waals surface area contributed by atoms with Crippen LogP contribution in [0.3, 0.4) is 0 Å². The summed E-state index contributed by atoms with van der Waals surface area (Å²) < 4.78 is 27.5. The highest BCUT2D eigenvalue weighted by molar-refractivity contribution is 5.93. The first kappa shape index (κ1) is 20.7. The molecular weight excluding hydrogens is 382 g/mol. The Balaban J connectivity index is 0.00000225. The van der Waals surface area contributed by atoms with Crippen molar-refractivity contribution in [2.24, 2.45) is 5.92 Å². The van der Waals surface area contributed by atoms with Crippen molar-refractivity contribution >= 4 is 24.0 Å². The van der Waals surface area contributed by atoms with Crippen LogP contribution in [-0.4, -0.2) is 18.0 Å². The number of amides is 1. The Kier molecular flexibility index (Phi) is 6.68. The van der Waals surface area contributed by atoms with E-state index in [9.17, 15) is 13.6 Å². The minimum atomic E-state index is -0.355. The van der Waals surface area contributed by atoms with Crippen molar-refractivity contribution in [3.63, 3.8) is 0 Å². The maximum Gasteiger partial charge on any atom is 0.227 e. The van der Waals surface area contributed by atoms with Gasteiger partial charge < -0.3 is 10.2 Å². The zero-order valence-corrected chi connectivity index (χ0v) is 16.4. The number of benzene rings is 2. The summed E-state index contributed by atoms with van der Waals surface area (Å²) in [6.07, 6.45) is 4.84. The summed E-state index contributed by atoms with van der Waals surface area (Å²) in [5.41, 5.74) is 1.06. The lowest BCUT2D eigenvalue weighted by molar-refractivity contribution is -0.119. The third kappa shape index (κ3) is 4.70. The lowest BCUT2D eigenvalue weighted by Crippen LogP contribution is -2.40. The number of nitrogens with one attached hydrogen (secondary N) is 1. The van der Waals surface area contributed by atoms with Crippen molar-refractivity contribution in [1.82, 2.24) is 5.32 Å². The van der Waals surface area contributed by atoms with Gasteiger partial charge in [-0.2, -0.15) is 0 Å². The summed E-state index contributed by atoms with van der Waals surface area (Å²) in [6, 6.07) is 13.4. The van der Waals surface area contributed by atoms with E-state index in [2.05, 4.69) is 5.32 Å². The van der Waals surface area contributed by atoms with E-state index in [0.717, 1.165) is 12.8 Å². The molecule has 1 N–H and O–H groups in total. The predicted octanol–water partition coefficient (Wildman–Crippen LogP) is 4.84. The third-order valence-electron chi connectivity index (χ3n) is 5.76. The lowest BCUT2D eigenvalue weighted by Gasteiger charge is -2.31. The third-order valence-corrected chi connectivity index (χ3v) is 5.76. The smallest absolute Gasteiger partial charge is 0.227 e. The molecule has 2 aromatic carbocycles. The van der Waals surface area contributed by atoms with Gasteiger partial charge in [-0.1, -0.05) is 18.2 Å². The topological polar surface area (TPSA) is 32.3 Å². The van der Waals surface area contributed by atoms with E-state index in [4.69, 9.17) is 0 Å². The summed E-state index contributed by atoms with van der Waals surface area (Å²) in [5.74, 6) is -0.375. The van der Waals surface area contributed by atoms with E-state index >= 15 is 0 Å². The second-order valence-corrected chi connectivity index (χ2v) is 7.73. The number of fused-ring (bicyclic) bond motifs is 2. The average molecular weight is 407 g/mol. The molecule has 0 saturated carbocycles. The van der Waals surface area contributed by atoms with Crippen LogP contribution in [-0.2, 0) is 11.3 Å². The molecule has 150 valence electrons. The fraction of sp³-hybridized carbons (Fsp3) is 0.409. The number of halogens is 3. The molecular formula is C22H25ClF2N2O. The summed E-state index contributed by atoms with van der Waals surface area (Å²) >= 11 is 0. The van der Waals surface area contributed by atoms with E-state index in [1.54, 1.807) is 35.2 Å². The first-order valence-corrected chi connectivity index (χ1v) is 9.64. The maximum atomic E-state index is 14.2. The Labute approximate surface area is 170 Å². The quantitative estimate of drug-likeness (QED) is 0.770. The van der Waals surface area contributed by atoms with E-state index in [1.807, 2.05) is 0 Å². The van der Waals surface area contributed by atoms with Gasteiger partial charge in [0.25, 0.3) is 0 Å². The Bertz CT molecular complexity index is 802. The molecule has 0 aromatic heterocycles. The van der Waals surface area contributed by atoms with Crippen molar-refractivity contribution in [3.05, 3.63) is 65.7 Å². The van der Waals surface area contributed by atoms with Crippen molar-refractivity contribution in [1.29, 1.82) is 0 Å². The highest BCUT2D eigenvalue weighted by Gasteiger charge is 2.35. The zero-order valence-electron chi connectivity index (χ0n) is 15.6. The molecule has 2 unspecified atom stereocenters. The van der Waals surface area contributed by atoms with Gasteiger partial charge in [-0.25, -0.2) is 8.78 Å². The van der Waals surface area contributed by atoms with Gasteiger partial charge in [0.2, 0.25) is 5.91 Å². The van der Waals surface area contributed by atoms with Crippen molar-refractivity contribution in [2.75, 3.05) is 4.90 Å². The highest BCUT2D eigenvalue weighted by atomic mass is 35.5. The molecule has 2 aromatic rings. The molecule has 2 heterocycles. The second-order valence-electron chi connectivity index (χ2n) is 7.73. The van der Waals surface area contributed by atoms with Gasteiger partial charge in [0.15, 0.2) is 0 Å². The van der Waals surface area contributed by atoms with Gasteiger partial charge in [0.05, 0.1) is 6.54 Å². The second kappa shape index (κ2) is 9.01. The number of carbonyl (C=O) groups is 1. The molecule has 2 bridgehead atoms. The Morgan fingerprint density at radius 2 is 1.64 bits per heavy atom. The van der Waals surface area contributed by atoms with Crippen molar-refractivity contribution in [2.45, 2.75) is 50.7 Å². The molecule has 3 nitrogen and oxygen atoms in total. The van der Waals surface area contributed by atoms with Crippen molar-refractivity contribution in [3.8, 4) is 0 Å². The molecule has 2 aliphatic heterocycles. The molecule has 0 aliphatic carbocycles. The molecule has 6 heteroatoms. The van der Waals surface area contributed by atoms with Crippen molar-refractivity contribution < 1.29 is 13.6 Å². The molecule has 2 fully saturated rings. The van der Waals surface area contributed by atoms with Crippen LogP contribution in [0, 0.1) is 17.6 Å². The lowest BCUT2D eigenvalue weighted by atomic mass is 9.89. The fourth-order valence-electron chi connectivity index (χ4n) is 4.44. The number of piperidine rings is 1. The molecule has 28 heavy (non-hydrogen) atoms. The summed E-state index contributed by atoms with van der Waals surface area (Å²) in [7, 11) is 0. The van der Waals surface area contributed by atoms with Crippen LogP contribution in [0.15, 0.2) is 48.5 Å². The number of hydrogen-bond acceptors (Lipinski definition) is 2. The molecule has 2 saturated heterocycles.